The predicted octanol–water partition coefficient (Wildman–Crippen LogP) is 2.92. The quantitative estimate of drug-likeness (QED) is 0.790. The fourth-order valence-electron chi connectivity index (χ4n) is 2.14. The third-order valence-corrected chi connectivity index (χ3v) is 3.10. The van der Waals surface area contributed by atoms with Crippen LogP contribution in [0.2, 0.25) is 0 Å². The molecule has 2 N–H and O–H groups in total. The second kappa shape index (κ2) is 4.76. The number of nitrogens with two attached hydrogens (primary N) is 1. The van der Waals surface area contributed by atoms with E-state index in [4.69, 9.17) is 5.73 Å². The van der Waals surface area contributed by atoms with Crippen LogP contribution in [0.5, 0.6) is 0 Å². The second-order valence-corrected chi connectivity index (χ2v) is 4.70. The normalized spacial score (nSPS) is 12.0. The number of hydrogen-bond donors (Lipinski definition) is 1. The van der Waals surface area contributed by atoms with Crippen LogP contribution in [0.1, 0.15) is 16.7 Å². The summed E-state index contributed by atoms with van der Waals surface area (Å²) in [6.07, 6.45) is 0.667. The van der Waals surface area contributed by atoms with Crippen LogP contribution in [-0.4, -0.2) is 14.6 Å². The predicted molar refractivity (Wildman–Crippen MR) is 71.6 cm³/mol. The summed E-state index contributed by atoms with van der Waals surface area (Å²) >= 11 is 0. The summed E-state index contributed by atoms with van der Waals surface area (Å²) in [5, 5.41) is 4.10. The smallest absolute Gasteiger partial charge is 0.396 e. The van der Waals surface area contributed by atoms with Gasteiger partial charge in [-0.05, 0) is 11.6 Å². The number of fused-ring (bicyclic) bond motifs is 1. The summed E-state index contributed by atoms with van der Waals surface area (Å²) in [6, 6.07) is 5.24. The van der Waals surface area contributed by atoms with Gasteiger partial charge in [-0.2, -0.15) is 18.3 Å². The molecule has 108 valence electrons. The number of rotatable bonds is 2. The van der Waals surface area contributed by atoms with E-state index in [1.54, 1.807) is 18.5 Å². The molecule has 3 rings (SSSR count). The number of hydrogen-bond acceptors (Lipinski definition) is 3. The van der Waals surface area contributed by atoms with Gasteiger partial charge in [-0.1, -0.05) is 18.2 Å². The first-order valence-corrected chi connectivity index (χ1v) is 6.17. The Balaban J connectivity index is 1.95. The average Bonchev–Trinajstić information content (AvgIpc) is 2.80. The highest BCUT2D eigenvalue weighted by Crippen LogP contribution is 2.30. The van der Waals surface area contributed by atoms with Crippen molar-refractivity contribution in [2.75, 3.05) is 5.73 Å². The lowest BCUT2D eigenvalue weighted by Gasteiger charge is -2.08. The van der Waals surface area contributed by atoms with Gasteiger partial charge < -0.3 is 5.73 Å². The van der Waals surface area contributed by atoms with Gasteiger partial charge in [-0.25, -0.2) is 9.50 Å². The van der Waals surface area contributed by atoms with E-state index in [1.807, 2.05) is 0 Å². The molecule has 0 fully saturated rings. The molecule has 0 spiro atoms. The Morgan fingerprint density at radius 1 is 1.19 bits per heavy atom. The van der Waals surface area contributed by atoms with Crippen LogP contribution in [0.25, 0.3) is 5.65 Å². The maximum Gasteiger partial charge on any atom is 0.416 e. The third kappa shape index (κ3) is 2.67. The van der Waals surface area contributed by atoms with Crippen LogP contribution in [0.15, 0.2) is 42.9 Å². The van der Waals surface area contributed by atoms with E-state index < -0.39 is 11.7 Å². The third-order valence-electron chi connectivity index (χ3n) is 3.10. The average molecular weight is 292 g/mol. The minimum Gasteiger partial charge on any atom is -0.396 e. The van der Waals surface area contributed by atoms with Gasteiger partial charge in [0.25, 0.3) is 0 Å². The molecule has 0 radical (unpaired) electrons. The topological polar surface area (TPSA) is 56.2 Å². The van der Waals surface area contributed by atoms with Crippen LogP contribution in [0, 0.1) is 0 Å². The lowest BCUT2D eigenvalue weighted by atomic mass is 10.0. The number of nitrogens with zero attached hydrogens (tertiary/aromatic N) is 3. The highest BCUT2D eigenvalue weighted by molar-refractivity contribution is 5.51. The van der Waals surface area contributed by atoms with Crippen molar-refractivity contribution >= 4 is 11.3 Å². The Labute approximate surface area is 118 Å². The minimum atomic E-state index is -4.34. The molecule has 1 aromatic carbocycles. The van der Waals surface area contributed by atoms with Crippen molar-refractivity contribution in [3.63, 3.8) is 0 Å². The molecule has 4 nitrogen and oxygen atoms in total. The first-order chi connectivity index (χ1) is 9.93. The fraction of sp³-hybridized carbons (Fsp3) is 0.143. The van der Waals surface area contributed by atoms with Crippen LogP contribution in [0.3, 0.4) is 0 Å². The summed E-state index contributed by atoms with van der Waals surface area (Å²) in [4.78, 5) is 4.16. The highest BCUT2D eigenvalue weighted by Gasteiger charge is 2.30. The van der Waals surface area contributed by atoms with E-state index in [1.165, 1.54) is 16.8 Å². The lowest BCUT2D eigenvalue weighted by molar-refractivity contribution is -0.137. The van der Waals surface area contributed by atoms with Crippen LogP contribution < -0.4 is 5.73 Å². The fourth-order valence-corrected chi connectivity index (χ4v) is 2.14. The molecule has 0 unspecified atom stereocenters. The van der Waals surface area contributed by atoms with Gasteiger partial charge in [0.05, 0.1) is 29.8 Å². The summed E-state index contributed by atoms with van der Waals surface area (Å²) in [5.74, 6) is 0. The standard InChI is InChI=1S/C14H11F3N4/c15-14(16,17)11-3-1-2-9(5-11)4-10-6-20-21-8-12(18)7-19-13(10)21/h1-3,5-8H,4,18H2. The number of anilines is 1. The number of alkyl halides is 3. The molecule has 0 bridgehead atoms. The molecule has 2 heterocycles. The SMILES string of the molecule is Nc1cnc2c(Cc3cccc(C(F)(F)F)c3)cnn2c1. The van der Waals surface area contributed by atoms with E-state index in [0.29, 0.717) is 23.3 Å². The number of aromatic nitrogens is 3. The molecule has 0 aliphatic carbocycles. The molecule has 0 amide bonds. The van der Waals surface area contributed by atoms with Crippen molar-refractivity contribution < 1.29 is 13.2 Å². The molecule has 21 heavy (non-hydrogen) atoms. The van der Waals surface area contributed by atoms with E-state index in [-0.39, 0.29) is 0 Å². The highest BCUT2D eigenvalue weighted by atomic mass is 19.4. The molecule has 3 aromatic rings. The molecule has 0 aliphatic rings. The van der Waals surface area contributed by atoms with Crippen molar-refractivity contribution in [2.45, 2.75) is 12.6 Å². The van der Waals surface area contributed by atoms with E-state index >= 15 is 0 Å². The number of nitrogen functional groups attached to an aromatic ring is 1. The lowest BCUT2D eigenvalue weighted by Crippen LogP contribution is -2.05. The Hall–Kier alpha value is -2.57. The molecular weight excluding hydrogens is 281 g/mol. The minimum absolute atomic E-state index is 0.324. The zero-order valence-corrected chi connectivity index (χ0v) is 10.8. The molecule has 0 atom stereocenters. The Morgan fingerprint density at radius 3 is 2.76 bits per heavy atom. The van der Waals surface area contributed by atoms with Crippen molar-refractivity contribution in [1.29, 1.82) is 0 Å². The van der Waals surface area contributed by atoms with Crippen LogP contribution >= 0.6 is 0 Å². The summed E-state index contributed by atoms with van der Waals surface area (Å²) in [6.45, 7) is 0. The zero-order chi connectivity index (χ0) is 15.0. The first-order valence-electron chi connectivity index (χ1n) is 6.17. The Morgan fingerprint density at radius 2 is 2.00 bits per heavy atom. The van der Waals surface area contributed by atoms with Crippen molar-refractivity contribution in [1.82, 2.24) is 14.6 Å². The molecule has 2 aromatic heterocycles. The summed E-state index contributed by atoms with van der Waals surface area (Å²) < 4.78 is 39.6. The van der Waals surface area contributed by atoms with Crippen LogP contribution in [-0.2, 0) is 12.6 Å². The molecule has 0 saturated carbocycles. The van der Waals surface area contributed by atoms with Gasteiger partial charge in [0.1, 0.15) is 0 Å². The summed E-state index contributed by atoms with van der Waals surface area (Å²) in [7, 11) is 0. The Kier molecular flexibility index (Phi) is 3.04. The van der Waals surface area contributed by atoms with E-state index in [9.17, 15) is 13.2 Å². The first kappa shape index (κ1) is 13.4. The van der Waals surface area contributed by atoms with Crippen LogP contribution in [0.4, 0.5) is 18.9 Å². The van der Waals surface area contributed by atoms with E-state index in [0.717, 1.165) is 17.7 Å². The molecular formula is C14H11F3N4. The molecule has 0 saturated heterocycles. The zero-order valence-electron chi connectivity index (χ0n) is 10.8. The van der Waals surface area contributed by atoms with E-state index in [2.05, 4.69) is 10.1 Å². The number of halogens is 3. The van der Waals surface area contributed by atoms with Gasteiger partial charge in [0, 0.05) is 12.0 Å². The molecule has 7 heteroatoms. The largest absolute Gasteiger partial charge is 0.416 e. The van der Waals surface area contributed by atoms with Gasteiger partial charge in [-0.15, -0.1) is 0 Å². The maximum atomic E-state index is 12.7. The van der Waals surface area contributed by atoms with Gasteiger partial charge in [0.2, 0.25) is 0 Å². The van der Waals surface area contributed by atoms with Gasteiger partial charge in [0.15, 0.2) is 5.65 Å². The maximum absolute atomic E-state index is 12.7. The van der Waals surface area contributed by atoms with Gasteiger partial charge >= 0.3 is 6.18 Å². The second-order valence-electron chi connectivity index (χ2n) is 4.70. The summed E-state index contributed by atoms with van der Waals surface area (Å²) in [5.41, 5.74) is 7.30. The van der Waals surface area contributed by atoms with Crippen molar-refractivity contribution in [2.24, 2.45) is 0 Å². The van der Waals surface area contributed by atoms with Crippen molar-refractivity contribution in [3.05, 3.63) is 59.5 Å². The molecule has 0 aliphatic heterocycles. The van der Waals surface area contributed by atoms with Crippen molar-refractivity contribution in [3.8, 4) is 0 Å². The number of benzene rings is 1. The van der Waals surface area contributed by atoms with Gasteiger partial charge in [-0.3, -0.25) is 0 Å². The monoisotopic (exact) mass is 292 g/mol. The Bertz CT molecular complexity index is 792.